The second-order valence-corrected chi connectivity index (χ2v) is 18.2. The average molecular weight is 731 g/mol. The standard InChI is InChI=1S/C28H35I2NO4Si/c1-27(2,3)36(4,5)35-13-12-31-26(33)24-17-20(21-15-22(29)18-23(30)16-21)14-19(25(24)32)8-11-28(34)9-6-7-10-28/h14-18,32,34H,6-7,9-10,12-13H2,1-5H3,(H,31,33). The third-order valence-electron chi connectivity index (χ3n) is 7.07. The van der Waals surface area contributed by atoms with Crippen molar-refractivity contribution in [2.24, 2.45) is 0 Å². The maximum Gasteiger partial charge on any atom is 0.255 e. The lowest BCUT2D eigenvalue weighted by Crippen LogP contribution is -2.42. The Balaban J connectivity index is 1.91. The predicted molar refractivity (Wildman–Crippen MR) is 165 cm³/mol. The molecule has 0 atom stereocenters. The lowest BCUT2D eigenvalue weighted by Gasteiger charge is -2.36. The van der Waals surface area contributed by atoms with Crippen LogP contribution in [0.15, 0.2) is 30.3 Å². The molecule has 1 fully saturated rings. The van der Waals surface area contributed by atoms with Gasteiger partial charge in [-0.1, -0.05) is 32.6 Å². The fourth-order valence-electron chi connectivity index (χ4n) is 3.84. The van der Waals surface area contributed by atoms with E-state index >= 15 is 0 Å². The third-order valence-corrected chi connectivity index (χ3v) is 12.9. The number of carbonyl (C=O) groups is 1. The van der Waals surface area contributed by atoms with E-state index in [0.717, 1.165) is 31.1 Å². The Morgan fingerprint density at radius 3 is 2.25 bits per heavy atom. The molecule has 0 unspecified atom stereocenters. The monoisotopic (exact) mass is 731 g/mol. The van der Waals surface area contributed by atoms with Crippen LogP contribution in [0.1, 0.15) is 62.4 Å². The fourth-order valence-corrected chi connectivity index (χ4v) is 6.82. The molecule has 0 bridgehead atoms. The molecule has 1 saturated carbocycles. The lowest BCUT2D eigenvalue weighted by molar-refractivity contribution is 0.0943. The van der Waals surface area contributed by atoms with Crippen molar-refractivity contribution in [1.29, 1.82) is 0 Å². The first-order valence-electron chi connectivity index (χ1n) is 12.2. The summed E-state index contributed by atoms with van der Waals surface area (Å²) < 4.78 is 8.32. The number of rotatable bonds is 6. The van der Waals surface area contributed by atoms with Gasteiger partial charge in [-0.15, -0.1) is 0 Å². The number of benzene rings is 2. The SMILES string of the molecule is CC(C)(C)[Si](C)(C)OCCNC(=O)c1cc(-c2cc(I)cc(I)c2)cc(C#CC2(O)CCCC2)c1O. The molecule has 0 aromatic heterocycles. The largest absolute Gasteiger partial charge is 0.506 e. The summed E-state index contributed by atoms with van der Waals surface area (Å²) in [6.45, 7) is 11.6. The maximum absolute atomic E-state index is 13.2. The minimum atomic E-state index is -1.91. The second kappa shape index (κ2) is 11.7. The van der Waals surface area contributed by atoms with Crippen molar-refractivity contribution in [2.45, 2.75) is 70.2 Å². The number of phenols is 1. The molecule has 3 N–H and O–H groups in total. The first kappa shape index (κ1) is 29.4. The van der Waals surface area contributed by atoms with E-state index < -0.39 is 13.9 Å². The van der Waals surface area contributed by atoms with Gasteiger partial charge in [0.15, 0.2) is 8.32 Å². The van der Waals surface area contributed by atoms with E-state index in [9.17, 15) is 15.0 Å². The summed E-state index contributed by atoms with van der Waals surface area (Å²) in [4.78, 5) is 13.2. The Bertz CT molecular complexity index is 1170. The number of carbonyl (C=O) groups excluding carboxylic acids is 1. The zero-order chi connectivity index (χ0) is 26.7. The highest BCUT2D eigenvalue weighted by Crippen LogP contribution is 2.36. The molecule has 0 heterocycles. The summed E-state index contributed by atoms with van der Waals surface area (Å²) in [5.74, 6) is 5.39. The van der Waals surface area contributed by atoms with Gasteiger partial charge < -0.3 is 20.0 Å². The smallest absolute Gasteiger partial charge is 0.255 e. The average Bonchev–Trinajstić information content (AvgIpc) is 3.21. The molecular weight excluding hydrogens is 696 g/mol. The zero-order valence-electron chi connectivity index (χ0n) is 21.6. The van der Waals surface area contributed by atoms with E-state index in [1.165, 1.54) is 0 Å². The maximum atomic E-state index is 13.2. The fraction of sp³-hybridized carbons (Fsp3) is 0.464. The Kier molecular flexibility index (Phi) is 9.58. The van der Waals surface area contributed by atoms with Gasteiger partial charge in [0.25, 0.3) is 5.91 Å². The minimum Gasteiger partial charge on any atom is -0.506 e. The molecule has 0 spiro atoms. The highest BCUT2D eigenvalue weighted by atomic mass is 127. The molecule has 194 valence electrons. The topological polar surface area (TPSA) is 78.8 Å². The number of hydrogen-bond acceptors (Lipinski definition) is 4. The lowest BCUT2D eigenvalue weighted by atomic mass is 9.97. The molecule has 5 nitrogen and oxygen atoms in total. The number of aromatic hydroxyl groups is 1. The predicted octanol–water partition coefficient (Wildman–Crippen LogP) is 6.68. The molecule has 1 amide bonds. The van der Waals surface area contributed by atoms with Crippen LogP contribution in [0.2, 0.25) is 18.1 Å². The summed E-state index contributed by atoms with van der Waals surface area (Å²) in [5.41, 5.74) is 1.18. The highest BCUT2D eigenvalue weighted by Gasteiger charge is 2.37. The van der Waals surface area contributed by atoms with Crippen LogP contribution in [-0.2, 0) is 4.43 Å². The number of amides is 1. The van der Waals surface area contributed by atoms with Gasteiger partial charge >= 0.3 is 0 Å². The van der Waals surface area contributed by atoms with Crippen LogP contribution in [0.4, 0.5) is 0 Å². The molecule has 8 heteroatoms. The Morgan fingerprint density at radius 1 is 1.08 bits per heavy atom. The number of hydrogen-bond donors (Lipinski definition) is 3. The van der Waals surface area contributed by atoms with Crippen molar-refractivity contribution in [2.75, 3.05) is 13.2 Å². The Labute approximate surface area is 243 Å². The van der Waals surface area contributed by atoms with Crippen molar-refractivity contribution >= 4 is 59.4 Å². The molecule has 36 heavy (non-hydrogen) atoms. The normalized spacial score (nSPS) is 15.3. The van der Waals surface area contributed by atoms with Gasteiger partial charge in [-0.3, -0.25) is 4.79 Å². The molecule has 2 aromatic carbocycles. The van der Waals surface area contributed by atoms with E-state index in [1.807, 2.05) is 12.1 Å². The summed E-state index contributed by atoms with van der Waals surface area (Å²) in [7, 11) is -1.91. The van der Waals surface area contributed by atoms with Crippen LogP contribution in [-0.4, -0.2) is 43.2 Å². The van der Waals surface area contributed by atoms with Crippen LogP contribution < -0.4 is 5.32 Å². The molecule has 2 aromatic rings. The first-order valence-corrected chi connectivity index (χ1v) is 17.3. The summed E-state index contributed by atoms with van der Waals surface area (Å²) in [5, 5.41) is 24.7. The van der Waals surface area contributed by atoms with Crippen molar-refractivity contribution in [3.63, 3.8) is 0 Å². The molecule has 0 saturated heterocycles. The van der Waals surface area contributed by atoms with Gasteiger partial charge in [-0.25, -0.2) is 0 Å². The van der Waals surface area contributed by atoms with Gasteiger partial charge in [0.1, 0.15) is 11.4 Å². The minimum absolute atomic E-state index is 0.0886. The van der Waals surface area contributed by atoms with Crippen LogP contribution in [0.5, 0.6) is 5.75 Å². The quantitative estimate of drug-likeness (QED) is 0.134. The summed E-state index contributed by atoms with van der Waals surface area (Å²) in [6.07, 6.45) is 3.11. The Morgan fingerprint density at radius 2 is 1.67 bits per heavy atom. The zero-order valence-corrected chi connectivity index (χ0v) is 26.9. The summed E-state index contributed by atoms with van der Waals surface area (Å²) >= 11 is 4.54. The molecular formula is C28H35I2NO4Si. The van der Waals surface area contributed by atoms with Crippen LogP contribution in [0, 0.1) is 19.0 Å². The van der Waals surface area contributed by atoms with Gasteiger partial charge in [0, 0.05) is 13.7 Å². The van der Waals surface area contributed by atoms with E-state index in [2.05, 4.69) is 102 Å². The molecule has 0 radical (unpaired) electrons. The summed E-state index contributed by atoms with van der Waals surface area (Å²) in [6, 6.07) is 9.63. The van der Waals surface area contributed by atoms with E-state index in [0.29, 0.717) is 31.6 Å². The number of aliphatic hydroxyl groups is 1. The van der Waals surface area contributed by atoms with Crippen LogP contribution >= 0.6 is 45.2 Å². The number of halogens is 2. The molecule has 1 aliphatic carbocycles. The molecule has 1 aliphatic rings. The first-order chi connectivity index (χ1) is 16.7. The molecule has 3 rings (SSSR count). The number of phenolic OH excluding ortho intramolecular Hbond substituents is 1. The van der Waals surface area contributed by atoms with Crippen LogP contribution in [0.3, 0.4) is 0 Å². The van der Waals surface area contributed by atoms with Gasteiger partial charge in [-0.2, -0.15) is 0 Å². The van der Waals surface area contributed by atoms with E-state index in [4.69, 9.17) is 4.43 Å². The highest BCUT2D eigenvalue weighted by molar-refractivity contribution is 14.1. The molecule has 0 aliphatic heterocycles. The van der Waals surface area contributed by atoms with Gasteiger partial charge in [0.05, 0.1) is 17.7 Å². The van der Waals surface area contributed by atoms with Crippen molar-refractivity contribution in [3.8, 4) is 28.7 Å². The van der Waals surface area contributed by atoms with Gasteiger partial charge in [-0.05, 0) is 130 Å². The van der Waals surface area contributed by atoms with E-state index in [-0.39, 0.29) is 22.3 Å². The Hall–Kier alpha value is -1.13. The third kappa shape index (κ3) is 7.46. The van der Waals surface area contributed by atoms with Gasteiger partial charge in [0.2, 0.25) is 0 Å². The van der Waals surface area contributed by atoms with E-state index in [1.54, 1.807) is 12.1 Å². The second-order valence-electron chi connectivity index (χ2n) is 10.9. The van der Waals surface area contributed by atoms with Crippen LogP contribution in [0.25, 0.3) is 11.1 Å². The van der Waals surface area contributed by atoms with Crippen molar-refractivity contribution in [1.82, 2.24) is 5.32 Å². The van der Waals surface area contributed by atoms with Crippen molar-refractivity contribution < 1.29 is 19.4 Å². The van der Waals surface area contributed by atoms with Crippen molar-refractivity contribution in [3.05, 3.63) is 48.6 Å². The number of nitrogens with one attached hydrogen (secondary N) is 1.